The van der Waals surface area contributed by atoms with Gasteiger partial charge in [0, 0.05) is 18.8 Å². The SMILES string of the molecule is CCCCOCC(=O)Nc1ccccc1CNCC.Cl. The van der Waals surface area contributed by atoms with Gasteiger partial charge in [0.05, 0.1) is 0 Å². The van der Waals surface area contributed by atoms with E-state index in [0.717, 1.165) is 37.2 Å². The molecule has 0 fully saturated rings. The Kier molecular flexibility index (Phi) is 11.1. The Bertz CT molecular complexity index is 386. The van der Waals surface area contributed by atoms with Gasteiger partial charge in [-0.15, -0.1) is 12.4 Å². The van der Waals surface area contributed by atoms with E-state index < -0.39 is 0 Å². The third-order valence-corrected chi connectivity index (χ3v) is 2.73. The van der Waals surface area contributed by atoms with Crippen LogP contribution in [-0.4, -0.2) is 25.7 Å². The van der Waals surface area contributed by atoms with Gasteiger partial charge in [0.1, 0.15) is 6.61 Å². The summed E-state index contributed by atoms with van der Waals surface area (Å²) in [7, 11) is 0. The smallest absolute Gasteiger partial charge is 0.250 e. The van der Waals surface area contributed by atoms with Crippen molar-refractivity contribution in [3.8, 4) is 0 Å². The summed E-state index contributed by atoms with van der Waals surface area (Å²) in [5, 5.41) is 6.15. The molecule has 1 aromatic rings. The monoisotopic (exact) mass is 300 g/mol. The molecule has 1 amide bonds. The van der Waals surface area contributed by atoms with Crippen molar-refractivity contribution in [2.45, 2.75) is 33.2 Å². The van der Waals surface area contributed by atoms with E-state index in [2.05, 4.69) is 24.5 Å². The Morgan fingerprint density at radius 3 is 2.70 bits per heavy atom. The van der Waals surface area contributed by atoms with E-state index in [-0.39, 0.29) is 24.9 Å². The fourth-order valence-corrected chi connectivity index (χ4v) is 1.65. The van der Waals surface area contributed by atoms with E-state index in [9.17, 15) is 4.79 Å². The zero-order chi connectivity index (χ0) is 13.9. The van der Waals surface area contributed by atoms with E-state index >= 15 is 0 Å². The zero-order valence-corrected chi connectivity index (χ0v) is 13.1. The molecule has 20 heavy (non-hydrogen) atoms. The van der Waals surface area contributed by atoms with E-state index in [1.54, 1.807) is 0 Å². The number of carbonyl (C=O) groups excluding carboxylic acids is 1. The second-order valence-electron chi connectivity index (χ2n) is 4.39. The largest absolute Gasteiger partial charge is 0.372 e. The van der Waals surface area contributed by atoms with Gasteiger partial charge >= 0.3 is 0 Å². The summed E-state index contributed by atoms with van der Waals surface area (Å²) in [4.78, 5) is 11.7. The molecule has 0 saturated carbocycles. The van der Waals surface area contributed by atoms with E-state index in [0.29, 0.717) is 6.61 Å². The van der Waals surface area contributed by atoms with Crippen LogP contribution >= 0.6 is 12.4 Å². The molecule has 0 saturated heterocycles. The summed E-state index contributed by atoms with van der Waals surface area (Å²) in [5.41, 5.74) is 1.94. The fraction of sp³-hybridized carbons (Fsp3) is 0.533. The molecular weight excluding hydrogens is 276 g/mol. The van der Waals surface area contributed by atoms with E-state index in [1.165, 1.54) is 0 Å². The Morgan fingerprint density at radius 1 is 1.25 bits per heavy atom. The predicted octanol–water partition coefficient (Wildman–Crippen LogP) is 2.97. The lowest BCUT2D eigenvalue weighted by Gasteiger charge is -2.11. The molecule has 0 aliphatic heterocycles. The first-order valence-electron chi connectivity index (χ1n) is 6.94. The normalized spacial score (nSPS) is 9.90. The molecule has 2 N–H and O–H groups in total. The Hall–Kier alpha value is -1.10. The maximum atomic E-state index is 11.7. The van der Waals surface area contributed by atoms with Crippen LogP contribution in [0.4, 0.5) is 5.69 Å². The summed E-state index contributed by atoms with van der Waals surface area (Å²) in [6.45, 7) is 6.58. The highest BCUT2D eigenvalue weighted by Gasteiger charge is 2.06. The highest BCUT2D eigenvalue weighted by atomic mass is 35.5. The van der Waals surface area contributed by atoms with Gasteiger partial charge in [-0.1, -0.05) is 38.5 Å². The molecule has 0 unspecified atom stereocenters. The number of nitrogens with one attached hydrogen (secondary N) is 2. The minimum atomic E-state index is -0.0972. The minimum absolute atomic E-state index is 0. The Morgan fingerprint density at radius 2 is 2.00 bits per heavy atom. The molecule has 1 aromatic carbocycles. The van der Waals surface area contributed by atoms with Gasteiger partial charge in [-0.2, -0.15) is 0 Å². The highest BCUT2D eigenvalue weighted by Crippen LogP contribution is 2.14. The number of unbranched alkanes of at least 4 members (excludes halogenated alkanes) is 1. The van der Waals surface area contributed by atoms with Crippen molar-refractivity contribution in [2.75, 3.05) is 25.1 Å². The van der Waals surface area contributed by atoms with Crippen LogP contribution in [-0.2, 0) is 16.1 Å². The van der Waals surface area contributed by atoms with Gasteiger partial charge in [-0.25, -0.2) is 0 Å². The molecule has 0 radical (unpaired) electrons. The molecule has 4 nitrogen and oxygen atoms in total. The number of carbonyl (C=O) groups is 1. The van der Waals surface area contributed by atoms with Crippen LogP contribution in [0.25, 0.3) is 0 Å². The molecule has 0 spiro atoms. The summed E-state index contributed by atoms with van der Waals surface area (Å²) < 4.78 is 5.30. The van der Waals surface area contributed by atoms with Crippen molar-refractivity contribution in [3.05, 3.63) is 29.8 Å². The maximum absolute atomic E-state index is 11.7. The standard InChI is InChI=1S/C15H24N2O2.ClH/c1-3-5-10-19-12-15(18)17-14-9-7-6-8-13(14)11-16-4-2;/h6-9,16H,3-5,10-12H2,1-2H3,(H,17,18);1H. The summed E-state index contributed by atoms with van der Waals surface area (Å²) >= 11 is 0. The molecule has 0 heterocycles. The maximum Gasteiger partial charge on any atom is 0.250 e. The lowest BCUT2D eigenvalue weighted by atomic mass is 10.1. The lowest BCUT2D eigenvalue weighted by molar-refractivity contribution is -0.120. The number of halogens is 1. The molecular formula is C15H25ClN2O2. The summed E-state index contributed by atoms with van der Waals surface area (Å²) in [6.07, 6.45) is 2.07. The van der Waals surface area contributed by atoms with Gasteiger partial charge < -0.3 is 15.4 Å². The van der Waals surface area contributed by atoms with Crippen LogP contribution in [0.2, 0.25) is 0 Å². The molecule has 114 valence electrons. The number of rotatable bonds is 9. The first kappa shape index (κ1) is 18.9. The van der Waals surface area contributed by atoms with Gasteiger partial charge in [0.15, 0.2) is 0 Å². The van der Waals surface area contributed by atoms with Crippen LogP contribution in [0.3, 0.4) is 0 Å². The van der Waals surface area contributed by atoms with Gasteiger partial charge in [0.2, 0.25) is 5.91 Å². The minimum Gasteiger partial charge on any atom is -0.372 e. The molecule has 0 aromatic heterocycles. The third kappa shape index (κ3) is 7.48. The molecule has 0 atom stereocenters. The summed E-state index contributed by atoms with van der Waals surface area (Å²) in [5.74, 6) is -0.0972. The van der Waals surface area contributed by atoms with Crippen LogP contribution < -0.4 is 10.6 Å². The number of amides is 1. The number of anilines is 1. The van der Waals surface area contributed by atoms with Gasteiger partial charge in [-0.05, 0) is 24.6 Å². The number of benzene rings is 1. The first-order valence-corrected chi connectivity index (χ1v) is 6.94. The Labute approximate surface area is 127 Å². The van der Waals surface area contributed by atoms with Crippen molar-refractivity contribution in [1.82, 2.24) is 5.32 Å². The average Bonchev–Trinajstić information content (AvgIpc) is 2.43. The van der Waals surface area contributed by atoms with E-state index in [1.807, 2.05) is 24.3 Å². The number of para-hydroxylation sites is 1. The fourth-order valence-electron chi connectivity index (χ4n) is 1.65. The number of ether oxygens (including phenoxy) is 1. The molecule has 0 bridgehead atoms. The van der Waals surface area contributed by atoms with Crippen LogP contribution in [0.15, 0.2) is 24.3 Å². The van der Waals surface area contributed by atoms with Gasteiger partial charge in [0.25, 0.3) is 0 Å². The van der Waals surface area contributed by atoms with Crippen molar-refractivity contribution in [3.63, 3.8) is 0 Å². The highest BCUT2D eigenvalue weighted by molar-refractivity contribution is 5.92. The lowest BCUT2D eigenvalue weighted by Crippen LogP contribution is -2.21. The quantitative estimate of drug-likeness (QED) is 0.689. The van der Waals surface area contributed by atoms with Crippen molar-refractivity contribution in [2.24, 2.45) is 0 Å². The van der Waals surface area contributed by atoms with Crippen molar-refractivity contribution < 1.29 is 9.53 Å². The average molecular weight is 301 g/mol. The molecule has 0 aliphatic rings. The number of hydrogen-bond donors (Lipinski definition) is 2. The van der Waals surface area contributed by atoms with Crippen LogP contribution in [0, 0.1) is 0 Å². The van der Waals surface area contributed by atoms with Gasteiger partial charge in [-0.3, -0.25) is 4.79 Å². The van der Waals surface area contributed by atoms with Crippen molar-refractivity contribution in [1.29, 1.82) is 0 Å². The predicted molar refractivity (Wildman–Crippen MR) is 85.4 cm³/mol. The molecule has 5 heteroatoms. The second-order valence-corrected chi connectivity index (χ2v) is 4.39. The molecule has 0 aliphatic carbocycles. The van der Waals surface area contributed by atoms with E-state index in [4.69, 9.17) is 4.74 Å². The van der Waals surface area contributed by atoms with Crippen LogP contribution in [0.5, 0.6) is 0 Å². The Balaban J connectivity index is 0.00000361. The first-order chi connectivity index (χ1) is 9.27. The second kappa shape index (κ2) is 11.7. The third-order valence-electron chi connectivity index (χ3n) is 2.73. The molecule has 1 rings (SSSR count). The number of hydrogen-bond acceptors (Lipinski definition) is 3. The van der Waals surface area contributed by atoms with Crippen LogP contribution in [0.1, 0.15) is 32.3 Å². The van der Waals surface area contributed by atoms with Crippen molar-refractivity contribution >= 4 is 24.0 Å². The topological polar surface area (TPSA) is 50.4 Å². The zero-order valence-electron chi connectivity index (χ0n) is 12.3. The summed E-state index contributed by atoms with van der Waals surface area (Å²) in [6, 6.07) is 7.82.